The van der Waals surface area contributed by atoms with Crippen LogP contribution in [0.3, 0.4) is 0 Å². The molecule has 146 valence electrons. The van der Waals surface area contributed by atoms with Crippen molar-refractivity contribution in [3.8, 4) is 5.75 Å². The van der Waals surface area contributed by atoms with Crippen LogP contribution in [0.5, 0.6) is 5.75 Å². The molecule has 0 aliphatic rings. The highest BCUT2D eigenvalue weighted by Gasteiger charge is 2.16. The van der Waals surface area contributed by atoms with E-state index in [9.17, 15) is 5.11 Å². The third kappa shape index (κ3) is 4.09. The maximum absolute atomic E-state index is 10.1. The fraction of sp³-hybridized carbons (Fsp3) is 0.0870. The smallest absolute Gasteiger partial charge is 0.224 e. The minimum absolute atomic E-state index is 0.162. The molecule has 0 bridgehead atoms. The Bertz CT molecular complexity index is 1230. The summed E-state index contributed by atoms with van der Waals surface area (Å²) in [6.45, 7) is 4.11. The Kier molecular flexibility index (Phi) is 5.48. The van der Waals surface area contributed by atoms with Gasteiger partial charge in [0, 0.05) is 31.8 Å². The van der Waals surface area contributed by atoms with Gasteiger partial charge in [-0.3, -0.25) is 0 Å². The van der Waals surface area contributed by atoms with Gasteiger partial charge in [-0.2, -0.15) is 0 Å². The molecule has 6 heteroatoms. The van der Waals surface area contributed by atoms with Crippen LogP contribution in [0, 0.1) is 13.8 Å². The summed E-state index contributed by atoms with van der Waals surface area (Å²) >= 11 is 6.95. The van der Waals surface area contributed by atoms with E-state index in [4.69, 9.17) is 4.42 Å². The Hall–Kier alpha value is -2.57. The summed E-state index contributed by atoms with van der Waals surface area (Å²) in [6, 6.07) is 17.2. The summed E-state index contributed by atoms with van der Waals surface area (Å²) < 4.78 is 7.90. The number of hydrogen-bond acceptors (Lipinski definition) is 4. The normalized spacial score (nSPS) is 11.4. The number of halogens is 2. The van der Waals surface area contributed by atoms with Gasteiger partial charge in [-0.15, -0.1) is 0 Å². The van der Waals surface area contributed by atoms with E-state index < -0.39 is 0 Å². The lowest BCUT2D eigenvalue weighted by Crippen LogP contribution is -1.95. The molecule has 1 aromatic heterocycles. The average molecular weight is 514 g/mol. The zero-order valence-corrected chi connectivity index (χ0v) is 19.0. The topological polar surface area (TPSA) is 57.8 Å². The second kappa shape index (κ2) is 8.05. The van der Waals surface area contributed by atoms with Crippen molar-refractivity contribution < 1.29 is 9.52 Å². The molecular weight excluding hydrogens is 496 g/mol. The van der Waals surface area contributed by atoms with Crippen LogP contribution in [0.4, 0.5) is 17.3 Å². The third-order valence-corrected chi connectivity index (χ3v) is 5.65. The summed E-state index contributed by atoms with van der Waals surface area (Å²) in [5.74, 6) is 0.719. The molecule has 4 nitrogen and oxygen atoms in total. The number of para-hydroxylation sites is 1. The minimum Gasteiger partial charge on any atom is -0.507 e. The van der Waals surface area contributed by atoms with Crippen LogP contribution in [-0.2, 0) is 0 Å². The van der Waals surface area contributed by atoms with Gasteiger partial charge in [-0.25, -0.2) is 4.99 Å². The zero-order valence-electron chi connectivity index (χ0n) is 15.8. The van der Waals surface area contributed by atoms with Crippen molar-refractivity contribution in [3.63, 3.8) is 0 Å². The molecule has 0 amide bonds. The molecule has 0 fully saturated rings. The van der Waals surface area contributed by atoms with Crippen LogP contribution in [0.1, 0.15) is 16.7 Å². The van der Waals surface area contributed by atoms with E-state index in [0.29, 0.717) is 17.1 Å². The number of phenolic OH excluding ortho intramolecular Hbond substituents is 1. The lowest BCUT2D eigenvalue weighted by molar-refractivity contribution is 0.474. The summed E-state index contributed by atoms with van der Waals surface area (Å²) in [5.41, 5.74) is 5.24. The second-order valence-electron chi connectivity index (χ2n) is 6.77. The van der Waals surface area contributed by atoms with Crippen molar-refractivity contribution in [2.24, 2.45) is 4.99 Å². The summed E-state index contributed by atoms with van der Waals surface area (Å²) in [7, 11) is 0. The SMILES string of the molecule is Cc1cccc(C)c1Nc1oc2ccc(Br)cc2c1N=Cc1cc(Br)ccc1O. The predicted octanol–water partition coefficient (Wildman–Crippen LogP) is 7.77. The maximum Gasteiger partial charge on any atom is 0.224 e. The van der Waals surface area contributed by atoms with Crippen molar-refractivity contribution in [3.05, 3.63) is 80.2 Å². The zero-order chi connectivity index (χ0) is 20.5. The quantitative estimate of drug-likeness (QED) is 0.274. The lowest BCUT2D eigenvalue weighted by Gasteiger charge is -2.11. The highest BCUT2D eigenvalue weighted by molar-refractivity contribution is 9.10. The number of nitrogens with one attached hydrogen (secondary N) is 1. The maximum atomic E-state index is 10.1. The second-order valence-corrected chi connectivity index (χ2v) is 8.60. The molecule has 29 heavy (non-hydrogen) atoms. The fourth-order valence-corrected chi connectivity index (χ4v) is 3.90. The monoisotopic (exact) mass is 512 g/mol. The number of fused-ring (bicyclic) bond motifs is 1. The summed E-state index contributed by atoms with van der Waals surface area (Å²) in [5, 5.41) is 14.4. The first-order valence-corrected chi connectivity index (χ1v) is 10.6. The highest BCUT2D eigenvalue weighted by Crippen LogP contribution is 2.41. The van der Waals surface area contributed by atoms with Gasteiger partial charge in [0.2, 0.25) is 5.88 Å². The molecular formula is C23H18Br2N2O2. The van der Waals surface area contributed by atoms with Crippen LogP contribution < -0.4 is 5.32 Å². The van der Waals surface area contributed by atoms with E-state index in [1.807, 2.05) is 30.3 Å². The lowest BCUT2D eigenvalue weighted by atomic mass is 10.1. The van der Waals surface area contributed by atoms with Crippen molar-refractivity contribution >= 4 is 66.3 Å². The number of rotatable bonds is 4. The van der Waals surface area contributed by atoms with Crippen LogP contribution in [0.15, 0.2) is 73.0 Å². The molecule has 0 radical (unpaired) electrons. The number of nitrogens with zero attached hydrogens (tertiary/aromatic N) is 1. The first-order valence-electron chi connectivity index (χ1n) is 9.00. The number of aromatic hydroxyl groups is 1. The van der Waals surface area contributed by atoms with E-state index in [0.717, 1.165) is 36.7 Å². The summed E-state index contributed by atoms with van der Waals surface area (Å²) in [6.07, 6.45) is 1.64. The van der Waals surface area contributed by atoms with Gasteiger partial charge in [-0.1, -0.05) is 50.1 Å². The molecule has 0 aliphatic heterocycles. The standard InChI is InChI=1S/C23H18Br2N2O2/c1-13-4-3-5-14(2)21(13)27-23-22(18-11-17(25)7-9-20(18)29-23)26-12-15-10-16(24)6-8-19(15)28/h3-12,27-28H,1-2H3. The number of hydrogen-bond donors (Lipinski definition) is 2. The van der Waals surface area contributed by atoms with Crippen molar-refractivity contribution in [1.29, 1.82) is 0 Å². The fourth-order valence-electron chi connectivity index (χ4n) is 3.16. The first-order chi connectivity index (χ1) is 13.9. The minimum atomic E-state index is 0.162. The van der Waals surface area contributed by atoms with Crippen LogP contribution in [0.25, 0.3) is 11.0 Å². The van der Waals surface area contributed by atoms with Gasteiger partial charge in [0.25, 0.3) is 0 Å². The third-order valence-electron chi connectivity index (χ3n) is 4.67. The predicted molar refractivity (Wildman–Crippen MR) is 126 cm³/mol. The molecule has 0 atom stereocenters. The van der Waals surface area contributed by atoms with E-state index in [1.165, 1.54) is 0 Å². The largest absolute Gasteiger partial charge is 0.507 e. The number of aliphatic imine (C=N–C) groups is 1. The van der Waals surface area contributed by atoms with Crippen LogP contribution >= 0.6 is 31.9 Å². The number of furan rings is 1. The summed E-state index contributed by atoms with van der Waals surface area (Å²) in [4.78, 5) is 4.68. The highest BCUT2D eigenvalue weighted by atomic mass is 79.9. The molecule has 4 aromatic rings. The van der Waals surface area contributed by atoms with Crippen molar-refractivity contribution in [1.82, 2.24) is 0 Å². The van der Waals surface area contributed by atoms with E-state index in [2.05, 4.69) is 68.1 Å². The Labute approximate surface area is 185 Å². The number of benzene rings is 3. The molecule has 0 saturated carbocycles. The molecule has 0 spiro atoms. The Balaban J connectivity index is 1.85. The van der Waals surface area contributed by atoms with E-state index >= 15 is 0 Å². The van der Waals surface area contributed by atoms with Gasteiger partial charge < -0.3 is 14.8 Å². The van der Waals surface area contributed by atoms with Gasteiger partial charge in [0.15, 0.2) is 0 Å². The molecule has 0 saturated heterocycles. The molecule has 0 aliphatic carbocycles. The van der Waals surface area contributed by atoms with Crippen molar-refractivity contribution in [2.45, 2.75) is 13.8 Å². The van der Waals surface area contributed by atoms with Gasteiger partial charge in [-0.05, 0) is 61.4 Å². The number of anilines is 2. The number of aryl methyl sites for hydroxylation is 2. The van der Waals surface area contributed by atoms with Gasteiger partial charge in [0.1, 0.15) is 17.0 Å². The number of phenols is 1. The molecule has 3 aromatic carbocycles. The molecule has 2 N–H and O–H groups in total. The average Bonchev–Trinajstić information content (AvgIpc) is 3.02. The first kappa shape index (κ1) is 19.7. The van der Waals surface area contributed by atoms with E-state index in [1.54, 1.807) is 18.3 Å². The molecule has 1 heterocycles. The van der Waals surface area contributed by atoms with E-state index in [-0.39, 0.29) is 5.75 Å². The molecule has 0 unspecified atom stereocenters. The van der Waals surface area contributed by atoms with Gasteiger partial charge >= 0.3 is 0 Å². The molecule has 4 rings (SSSR count). The van der Waals surface area contributed by atoms with Crippen LogP contribution in [-0.4, -0.2) is 11.3 Å². The van der Waals surface area contributed by atoms with Crippen LogP contribution in [0.2, 0.25) is 0 Å². The van der Waals surface area contributed by atoms with Crippen molar-refractivity contribution in [2.75, 3.05) is 5.32 Å². The Morgan fingerprint density at radius 3 is 2.41 bits per heavy atom. The van der Waals surface area contributed by atoms with Gasteiger partial charge in [0.05, 0.1) is 0 Å². The Morgan fingerprint density at radius 2 is 1.66 bits per heavy atom. The Morgan fingerprint density at radius 1 is 0.966 bits per heavy atom.